The van der Waals surface area contributed by atoms with Crippen LogP contribution in [0.15, 0.2) is 24.3 Å². The number of methoxy groups -OCH3 is 1. The first kappa shape index (κ1) is 11.1. The van der Waals surface area contributed by atoms with Gasteiger partial charge in [0.05, 0.1) is 7.11 Å². The smallest absolute Gasteiger partial charge is 0.119 e. The Bertz CT molecular complexity index is 294. The van der Waals surface area contributed by atoms with Crippen molar-refractivity contribution in [1.29, 1.82) is 0 Å². The molecule has 78 valence electrons. The van der Waals surface area contributed by atoms with Crippen molar-refractivity contribution in [2.75, 3.05) is 14.2 Å². The molecule has 0 spiro atoms. The average molecular weight is 193 g/mol. The van der Waals surface area contributed by atoms with E-state index in [1.807, 2.05) is 19.2 Å². The fourth-order valence-electron chi connectivity index (χ4n) is 1.38. The number of hydrogen-bond donors (Lipinski definition) is 1. The molecule has 1 rings (SSSR count). The summed E-state index contributed by atoms with van der Waals surface area (Å²) in [4.78, 5) is 0. The van der Waals surface area contributed by atoms with E-state index in [2.05, 4.69) is 31.3 Å². The third-order valence-electron chi connectivity index (χ3n) is 2.46. The van der Waals surface area contributed by atoms with Gasteiger partial charge in [0.2, 0.25) is 0 Å². The number of nitrogens with one attached hydrogen (secondary N) is 1. The van der Waals surface area contributed by atoms with Crippen molar-refractivity contribution in [3.05, 3.63) is 29.8 Å². The Morgan fingerprint density at radius 3 is 2.64 bits per heavy atom. The second kappa shape index (κ2) is 4.47. The molecule has 1 N–H and O–H groups in total. The molecule has 0 fully saturated rings. The van der Waals surface area contributed by atoms with Crippen LogP contribution in [-0.4, -0.2) is 19.7 Å². The summed E-state index contributed by atoms with van der Waals surface area (Å²) in [6.45, 7) is 4.37. The summed E-state index contributed by atoms with van der Waals surface area (Å²) in [5, 5.41) is 3.29. The number of hydrogen-bond acceptors (Lipinski definition) is 2. The molecular weight excluding hydrogens is 174 g/mol. The SMILES string of the molecule is CNC(C)(C)Cc1cccc(OC)c1. The first-order valence-corrected chi connectivity index (χ1v) is 4.89. The maximum Gasteiger partial charge on any atom is 0.119 e. The van der Waals surface area contributed by atoms with Gasteiger partial charge in [-0.25, -0.2) is 0 Å². The van der Waals surface area contributed by atoms with Crippen molar-refractivity contribution in [3.63, 3.8) is 0 Å². The second-order valence-electron chi connectivity index (χ2n) is 4.16. The van der Waals surface area contributed by atoms with E-state index >= 15 is 0 Å². The zero-order chi connectivity index (χ0) is 10.6. The van der Waals surface area contributed by atoms with Gasteiger partial charge >= 0.3 is 0 Å². The molecule has 1 aromatic rings. The molecule has 1 aromatic carbocycles. The van der Waals surface area contributed by atoms with E-state index in [0.29, 0.717) is 0 Å². The minimum absolute atomic E-state index is 0.131. The molecule has 0 aliphatic rings. The van der Waals surface area contributed by atoms with E-state index in [1.54, 1.807) is 7.11 Å². The van der Waals surface area contributed by atoms with Gasteiger partial charge in [0.15, 0.2) is 0 Å². The zero-order valence-corrected chi connectivity index (χ0v) is 9.42. The molecule has 14 heavy (non-hydrogen) atoms. The number of likely N-dealkylation sites (N-methyl/N-ethyl adjacent to an activating group) is 1. The van der Waals surface area contributed by atoms with Crippen molar-refractivity contribution in [2.45, 2.75) is 25.8 Å². The van der Waals surface area contributed by atoms with Crippen molar-refractivity contribution >= 4 is 0 Å². The molecule has 0 radical (unpaired) electrons. The molecule has 0 saturated heterocycles. The first-order chi connectivity index (χ1) is 6.57. The Labute approximate surface area is 86.3 Å². The van der Waals surface area contributed by atoms with Gasteiger partial charge in [-0.15, -0.1) is 0 Å². The predicted octanol–water partition coefficient (Wildman–Crippen LogP) is 2.24. The van der Waals surface area contributed by atoms with Gasteiger partial charge in [0, 0.05) is 5.54 Å². The fourth-order valence-corrected chi connectivity index (χ4v) is 1.38. The summed E-state index contributed by atoms with van der Waals surface area (Å²) in [6.07, 6.45) is 1.00. The average Bonchev–Trinajstić information content (AvgIpc) is 2.17. The van der Waals surface area contributed by atoms with Crippen LogP contribution in [0.1, 0.15) is 19.4 Å². The molecule has 0 aromatic heterocycles. The van der Waals surface area contributed by atoms with Gasteiger partial charge in [-0.05, 0) is 45.0 Å². The quantitative estimate of drug-likeness (QED) is 0.791. The Balaban J connectivity index is 2.76. The maximum atomic E-state index is 5.18. The van der Waals surface area contributed by atoms with Crippen LogP contribution < -0.4 is 10.1 Å². The van der Waals surface area contributed by atoms with Crippen molar-refractivity contribution in [1.82, 2.24) is 5.32 Å². The van der Waals surface area contributed by atoms with E-state index in [9.17, 15) is 0 Å². The van der Waals surface area contributed by atoms with E-state index in [-0.39, 0.29) is 5.54 Å². The van der Waals surface area contributed by atoms with E-state index in [4.69, 9.17) is 4.74 Å². The summed E-state index contributed by atoms with van der Waals surface area (Å²) in [6, 6.07) is 8.20. The first-order valence-electron chi connectivity index (χ1n) is 4.89. The minimum atomic E-state index is 0.131. The number of rotatable bonds is 4. The highest BCUT2D eigenvalue weighted by atomic mass is 16.5. The number of benzene rings is 1. The highest BCUT2D eigenvalue weighted by Crippen LogP contribution is 2.17. The van der Waals surface area contributed by atoms with Crippen LogP contribution in [0.4, 0.5) is 0 Å². The minimum Gasteiger partial charge on any atom is -0.497 e. The Hall–Kier alpha value is -1.02. The fraction of sp³-hybridized carbons (Fsp3) is 0.500. The molecule has 0 aliphatic carbocycles. The lowest BCUT2D eigenvalue weighted by Gasteiger charge is -2.24. The predicted molar refractivity (Wildman–Crippen MR) is 59.8 cm³/mol. The Morgan fingerprint density at radius 1 is 1.36 bits per heavy atom. The lowest BCUT2D eigenvalue weighted by atomic mass is 9.95. The summed E-state index contributed by atoms with van der Waals surface area (Å²) in [5.41, 5.74) is 1.43. The van der Waals surface area contributed by atoms with Crippen LogP contribution in [0.2, 0.25) is 0 Å². The topological polar surface area (TPSA) is 21.3 Å². The molecule has 0 unspecified atom stereocenters. The van der Waals surface area contributed by atoms with Gasteiger partial charge in [-0.3, -0.25) is 0 Å². The summed E-state index contributed by atoms with van der Waals surface area (Å²) in [5.74, 6) is 0.925. The molecule has 0 aliphatic heterocycles. The molecular formula is C12H19NO. The molecule has 0 saturated carbocycles. The third kappa shape index (κ3) is 3.04. The van der Waals surface area contributed by atoms with Crippen LogP contribution in [0.5, 0.6) is 5.75 Å². The summed E-state index contributed by atoms with van der Waals surface area (Å²) < 4.78 is 5.18. The van der Waals surface area contributed by atoms with Crippen LogP contribution >= 0.6 is 0 Å². The lowest BCUT2D eigenvalue weighted by molar-refractivity contribution is 0.407. The van der Waals surface area contributed by atoms with Crippen LogP contribution in [0, 0.1) is 0 Å². The van der Waals surface area contributed by atoms with Crippen molar-refractivity contribution < 1.29 is 4.74 Å². The van der Waals surface area contributed by atoms with Gasteiger partial charge < -0.3 is 10.1 Å². The van der Waals surface area contributed by atoms with E-state index < -0.39 is 0 Å². The molecule has 0 amide bonds. The lowest BCUT2D eigenvalue weighted by Crippen LogP contribution is -2.38. The van der Waals surface area contributed by atoms with Crippen molar-refractivity contribution in [2.24, 2.45) is 0 Å². The van der Waals surface area contributed by atoms with Gasteiger partial charge in [0.1, 0.15) is 5.75 Å². The third-order valence-corrected chi connectivity index (χ3v) is 2.46. The summed E-state index contributed by atoms with van der Waals surface area (Å²) in [7, 11) is 3.68. The normalized spacial score (nSPS) is 11.4. The molecule has 0 atom stereocenters. The summed E-state index contributed by atoms with van der Waals surface area (Å²) >= 11 is 0. The Morgan fingerprint density at radius 2 is 2.07 bits per heavy atom. The van der Waals surface area contributed by atoms with Crippen LogP contribution in [0.3, 0.4) is 0 Å². The highest BCUT2D eigenvalue weighted by Gasteiger charge is 2.15. The van der Waals surface area contributed by atoms with Crippen LogP contribution in [0.25, 0.3) is 0 Å². The Kier molecular flexibility index (Phi) is 3.53. The maximum absolute atomic E-state index is 5.18. The molecule has 2 heteroatoms. The molecule has 2 nitrogen and oxygen atoms in total. The number of ether oxygens (including phenoxy) is 1. The largest absolute Gasteiger partial charge is 0.497 e. The van der Waals surface area contributed by atoms with E-state index in [1.165, 1.54) is 5.56 Å². The van der Waals surface area contributed by atoms with Crippen LogP contribution in [-0.2, 0) is 6.42 Å². The van der Waals surface area contributed by atoms with Gasteiger partial charge in [0.25, 0.3) is 0 Å². The highest BCUT2D eigenvalue weighted by molar-refractivity contribution is 5.29. The van der Waals surface area contributed by atoms with Gasteiger partial charge in [-0.1, -0.05) is 12.1 Å². The molecule has 0 bridgehead atoms. The monoisotopic (exact) mass is 193 g/mol. The standard InChI is InChI=1S/C12H19NO/c1-12(2,13-3)9-10-6-5-7-11(8-10)14-4/h5-8,13H,9H2,1-4H3. The molecule has 0 heterocycles. The van der Waals surface area contributed by atoms with E-state index in [0.717, 1.165) is 12.2 Å². The van der Waals surface area contributed by atoms with Crippen molar-refractivity contribution in [3.8, 4) is 5.75 Å². The van der Waals surface area contributed by atoms with Gasteiger partial charge in [-0.2, -0.15) is 0 Å². The zero-order valence-electron chi connectivity index (χ0n) is 9.42. The second-order valence-corrected chi connectivity index (χ2v) is 4.16.